The summed E-state index contributed by atoms with van der Waals surface area (Å²) in [5.74, 6) is 1.52. The SMILES string of the molecule is CNCC1CCCN(C(=O)Cc2cccc(OCc3cccc(Cl)c3)c2)C1.Cl. The average Bonchev–Trinajstić information content (AvgIpc) is 2.67. The van der Waals surface area contributed by atoms with Crippen LogP contribution < -0.4 is 10.1 Å². The first-order valence-corrected chi connectivity index (χ1v) is 9.90. The van der Waals surface area contributed by atoms with Gasteiger partial charge in [-0.15, -0.1) is 12.4 Å². The van der Waals surface area contributed by atoms with Gasteiger partial charge in [0.15, 0.2) is 0 Å². The molecule has 28 heavy (non-hydrogen) atoms. The highest BCUT2D eigenvalue weighted by Crippen LogP contribution is 2.20. The highest BCUT2D eigenvalue weighted by molar-refractivity contribution is 6.30. The summed E-state index contributed by atoms with van der Waals surface area (Å²) in [6, 6.07) is 15.4. The number of nitrogens with one attached hydrogen (secondary N) is 1. The van der Waals surface area contributed by atoms with E-state index in [2.05, 4.69) is 5.32 Å². The van der Waals surface area contributed by atoms with Crippen LogP contribution in [0.2, 0.25) is 5.02 Å². The van der Waals surface area contributed by atoms with E-state index in [9.17, 15) is 4.79 Å². The van der Waals surface area contributed by atoms with Gasteiger partial charge in [0.05, 0.1) is 6.42 Å². The Bertz CT molecular complexity index is 768. The Balaban J connectivity index is 0.00000280. The van der Waals surface area contributed by atoms with Crippen molar-refractivity contribution < 1.29 is 9.53 Å². The summed E-state index contributed by atoms with van der Waals surface area (Å²) in [5, 5.41) is 3.92. The van der Waals surface area contributed by atoms with Gasteiger partial charge in [-0.1, -0.05) is 35.9 Å². The highest BCUT2D eigenvalue weighted by Gasteiger charge is 2.23. The number of hydrogen-bond donors (Lipinski definition) is 1. The molecule has 1 aliphatic heterocycles. The van der Waals surface area contributed by atoms with Crippen LogP contribution in [0.15, 0.2) is 48.5 Å². The highest BCUT2D eigenvalue weighted by atomic mass is 35.5. The number of nitrogens with zero attached hydrogens (tertiary/aromatic N) is 1. The Morgan fingerprint density at radius 3 is 2.79 bits per heavy atom. The molecule has 0 saturated carbocycles. The molecule has 1 aliphatic rings. The Morgan fingerprint density at radius 1 is 1.21 bits per heavy atom. The van der Waals surface area contributed by atoms with Gasteiger partial charge in [0.25, 0.3) is 0 Å². The third kappa shape index (κ3) is 6.69. The van der Waals surface area contributed by atoms with Crippen molar-refractivity contribution in [3.63, 3.8) is 0 Å². The molecule has 0 bridgehead atoms. The molecule has 0 aromatic heterocycles. The Labute approximate surface area is 178 Å². The largest absolute Gasteiger partial charge is 0.489 e. The Morgan fingerprint density at radius 2 is 2.00 bits per heavy atom. The molecule has 1 heterocycles. The number of hydrogen-bond acceptors (Lipinski definition) is 3. The molecular weight excluding hydrogens is 395 g/mol. The lowest BCUT2D eigenvalue weighted by Gasteiger charge is -2.32. The first-order chi connectivity index (χ1) is 13.1. The number of ether oxygens (including phenoxy) is 1. The van der Waals surface area contributed by atoms with Gasteiger partial charge in [-0.2, -0.15) is 0 Å². The first-order valence-electron chi connectivity index (χ1n) is 9.52. The number of amides is 1. The summed E-state index contributed by atoms with van der Waals surface area (Å²) in [4.78, 5) is 14.7. The van der Waals surface area contributed by atoms with Crippen LogP contribution in [0.5, 0.6) is 5.75 Å². The second-order valence-electron chi connectivity index (χ2n) is 7.15. The summed E-state index contributed by atoms with van der Waals surface area (Å²) >= 11 is 6.01. The molecule has 0 radical (unpaired) electrons. The van der Waals surface area contributed by atoms with E-state index in [1.165, 1.54) is 6.42 Å². The van der Waals surface area contributed by atoms with E-state index in [-0.39, 0.29) is 18.3 Å². The predicted octanol–water partition coefficient (Wildman–Crippen LogP) is 4.34. The molecule has 1 N–H and O–H groups in total. The first kappa shape index (κ1) is 22.5. The molecule has 0 spiro atoms. The van der Waals surface area contributed by atoms with Crippen molar-refractivity contribution in [3.8, 4) is 5.75 Å². The number of rotatable bonds is 7. The Hall–Kier alpha value is -1.75. The molecule has 1 fully saturated rings. The fourth-order valence-electron chi connectivity index (χ4n) is 3.57. The van der Waals surface area contributed by atoms with Gasteiger partial charge in [0.2, 0.25) is 5.91 Å². The van der Waals surface area contributed by atoms with Crippen molar-refractivity contribution >= 4 is 29.9 Å². The van der Waals surface area contributed by atoms with E-state index in [1.807, 2.05) is 60.5 Å². The van der Waals surface area contributed by atoms with Crippen LogP contribution in [0.4, 0.5) is 0 Å². The summed E-state index contributed by atoms with van der Waals surface area (Å²) in [7, 11) is 1.97. The van der Waals surface area contributed by atoms with Crippen LogP contribution in [-0.4, -0.2) is 37.5 Å². The number of piperidine rings is 1. The predicted molar refractivity (Wildman–Crippen MR) is 116 cm³/mol. The van der Waals surface area contributed by atoms with Crippen LogP contribution in [-0.2, 0) is 17.8 Å². The number of likely N-dealkylation sites (tertiary alicyclic amines) is 1. The van der Waals surface area contributed by atoms with Crippen molar-refractivity contribution in [2.45, 2.75) is 25.9 Å². The average molecular weight is 423 g/mol. The zero-order valence-corrected chi connectivity index (χ0v) is 17.8. The van der Waals surface area contributed by atoms with Gasteiger partial charge in [-0.05, 0) is 67.7 Å². The maximum Gasteiger partial charge on any atom is 0.227 e. The smallest absolute Gasteiger partial charge is 0.227 e. The second-order valence-corrected chi connectivity index (χ2v) is 7.58. The van der Waals surface area contributed by atoms with Gasteiger partial charge in [0.1, 0.15) is 12.4 Å². The standard InChI is InChI=1S/C22H27ClN2O2.ClH/c1-24-14-19-7-4-10-25(15-19)22(26)13-17-5-3-9-21(12-17)27-16-18-6-2-8-20(23)11-18;/h2-3,5-6,8-9,11-12,19,24H,4,7,10,13-16H2,1H3;1H. The molecular formula is C22H28Cl2N2O2. The normalized spacial score (nSPS) is 16.4. The quantitative estimate of drug-likeness (QED) is 0.721. The van der Waals surface area contributed by atoms with E-state index in [0.717, 1.165) is 42.9 Å². The Kier molecular flexibility index (Phi) is 9.10. The molecule has 1 atom stereocenters. The minimum atomic E-state index is 0. The van der Waals surface area contributed by atoms with E-state index in [1.54, 1.807) is 0 Å². The van der Waals surface area contributed by atoms with E-state index >= 15 is 0 Å². The lowest BCUT2D eigenvalue weighted by Crippen LogP contribution is -2.43. The molecule has 1 unspecified atom stereocenters. The third-order valence-corrected chi connectivity index (χ3v) is 5.15. The van der Waals surface area contributed by atoms with Crippen LogP contribution >= 0.6 is 24.0 Å². The van der Waals surface area contributed by atoms with Crippen LogP contribution in [0.25, 0.3) is 0 Å². The molecule has 2 aromatic rings. The molecule has 4 nitrogen and oxygen atoms in total. The summed E-state index contributed by atoms with van der Waals surface area (Å²) < 4.78 is 5.87. The summed E-state index contributed by atoms with van der Waals surface area (Å²) in [5.41, 5.74) is 2.01. The maximum atomic E-state index is 12.7. The fourth-order valence-corrected chi connectivity index (χ4v) is 3.78. The van der Waals surface area contributed by atoms with Crippen molar-refractivity contribution in [2.24, 2.45) is 5.92 Å². The molecule has 2 aromatic carbocycles. The van der Waals surface area contributed by atoms with Gasteiger partial charge < -0.3 is 15.0 Å². The molecule has 1 amide bonds. The van der Waals surface area contributed by atoms with Crippen molar-refractivity contribution in [1.82, 2.24) is 10.2 Å². The number of halogens is 2. The van der Waals surface area contributed by atoms with Crippen molar-refractivity contribution in [1.29, 1.82) is 0 Å². The second kappa shape index (κ2) is 11.3. The summed E-state index contributed by atoms with van der Waals surface area (Å²) in [6.45, 7) is 3.14. The number of carbonyl (C=O) groups is 1. The third-order valence-electron chi connectivity index (χ3n) is 4.91. The van der Waals surface area contributed by atoms with Gasteiger partial charge in [-0.25, -0.2) is 0 Å². The number of carbonyl (C=O) groups excluding carboxylic acids is 1. The van der Waals surface area contributed by atoms with Crippen LogP contribution in [0.3, 0.4) is 0 Å². The zero-order chi connectivity index (χ0) is 19.1. The molecule has 6 heteroatoms. The van der Waals surface area contributed by atoms with E-state index in [4.69, 9.17) is 16.3 Å². The number of benzene rings is 2. The lowest BCUT2D eigenvalue weighted by molar-refractivity contribution is -0.132. The molecule has 1 saturated heterocycles. The molecule has 152 valence electrons. The topological polar surface area (TPSA) is 41.6 Å². The minimum Gasteiger partial charge on any atom is -0.489 e. The van der Waals surface area contributed by atoms with E-state index in [0.29, 0.717) is 24.0 Å². The zero-order valence-electron chi connectivity index (χ0n) is 16.2. The van der Waals surface area contributed by atoms with E-state index < -0.39 is 0 Å². The summed E-state index contributed by atoms with van der Waals surface area (Å²) in [6.07, 6.45) is 2.69. The van der Waals surface area contributed by atoms with Gasteiger partial charge in [-0.3, -0.25) is 4.79 Å². The van der Waals surface area contributed by atoms with Gasteiger partial charge >= 0.3 is 0 Å². The van der Waals surface area contributed by atoms with Gasteiger partial charge in [0, 0.05) is 18.1 Å². The monoisotopic (exact) mass is 422 g/mol. The van der Waals surface area contributed by atoms with Crippen LogP contribution in [0, 0.1) is 5.92 Å². The van der Waals surface area contributed by atoms with Crippen molar-refractivity contribution in [3.05, 3.63) is 64.7 Å². The van der Waals surface area contributed by atoms with Crippen molar-refractivity contribution in [2.75, 3.05) is 26.7 Å². The van der Waals surface area contributed by atoms with Crippen LogP contribution in [0.1, 0.15) is 24.0 Å². The molecule has 3 rings (SSSR count). The lowest BCUT2D eigenvalue weighted by atomic mass is 9.97. The maximum absolute atomic E-state index is 12.7. The molecule has 0 aliphatic carbocycles. The minimum absolute atomic E-state index is 0. The fraction of sp³-hybridized carbons (Fsp3) is 0.409.